The zero-order valence-corrected chi connectivity index (χ0v) is 11.0. The third-order valence-electron chi connectivity index (χ3n) is 2.49. The van der Waals surface area contributed by atoms with Crippen molar-refractivity contribution >= 4 is 17.5 Å². The zero-order chi connectivity index (χ0) is 12.4. The molecule has 2 aromatic rings. The summed E-state index contributed by atoms with van der Waals surface area (Å²) in [6, 6.07) is 1.56. The van der Waals surface area contributed by atoms with Gasteiger partial charge < -0.3 is 0 Å². The second kappa shape index (κ2) is 4.91. The maximum absolute atomic E-state index is 11.3. The van der Waals surface area contributed by atoms with Crippen LogP contribution in [0, 0.1) is 12.8 Å². The molecular formula is C11H16N4OS. The number of rotatable bonds is 4. The minimum Gasteiger partial charge on any atom is -0.291 e. The lowest BCUT2D eigenvalue weighted by Crippen LogP contribution is -2.09. The molecule has 0 aliphatic carbocycles. The molecule has 5 nitrogen and oxygen atoms in total. The fourth-order valence-corrected chi connectivity index (χ4v) is 2.78. The first-order chi connectivity index (χ1) is 8.08. The van der Waals surface area contributed by atoms with E-state index in [1.54, 1.807) is 17.8 Å². The van der Waals surface area contributed by atoms with Gasteiger partial charge in [0.25, 0.3) is 5.56 Å². The molecule has 0 aliphatic rings. The summed E-state index contributed by atoms with van der Waals surface area (Å²) in [4.78, 5) is 13.9. The van der Waals surface area contributed by atoms with Crippen molar-refractivity contribution in [3.8, 4) is 0 Å². The van der Waals surface area contributed by atoms with E-state index in [-0.39, 0.29) is 5.56 Å². The van der Waals surface area contributed by atoms with Gasteiger partial charge in [-0.05, 0) is 19.3 Å². The van der Waals surface area contributed by atoms with Crippen LogP contribution >= 0.6 is 11.8 Å². The van der Waals surface area contributed by atoms with Crippen molar-refractivity contribution in [2.24, 2.45) is 5.92 Å². The maximum atomic E-state index is 11.3. The van der Waals surface area contributed by atoms with Crippen LogP contribution in [0.2, 0.25) is 0 Å². The largest absolute Gasteiger partial charge is 0.291 e. The third-order valence-corrected chi connectivity index (χ3v) is 3.45. The quantitative estimate of drug-likeness (QED) is 0.844. The molecule has 0 bridgehead atoms. The molecule has 17 heavy (non-hydrogen) atoms. The van der Waals surface area contributed by atoms with Gasteiger partial charge in [-0.15, -0.1) is 10.2 Å². The predicted molar refractivity (Wildman–Crippen MR) is 68.5 cm³/mol. The number of aromatic nitrogens is 4. The number of nitrogens with zero attached hydrogens (tertiary/aromatic N) is 3. The summed E-state index contributed by atoms with van der Waals surface area (Å²) in [6.07, 6.45) is 1.14. The fraction of sp³-hybridized carbons (Fsp3) is 0.545. The molecular weight excluding hydrogens is 236 g/mol. The first kappa shape index (κ1) is 12.2. The molecule has 6 heteroatoms. The van der Waals surface area contributed by atoms with Gasteiger partial charge in [-0.2, -0.15) is 0 Å². The van der Waals surface area contributed by atoms with Crippen molar-refractivity contribution in [3.63, 3.8) is 0 Å². The maximum Gasteiger partial charge on any atom is 0.252 e. The van der Waals surface area contributed by atoms with Gasteiger partial charge in [0.05, 0.1) is 0 Å². The number of H-pyrrole nitrogens is 1. The highest BCUT2D eigenvalue weighted by Gasteiger charge is 2.09. The topological polar surface area (TPSA) is 63.0 Å². The summed E-state index contributed by atoms with van der Waals surface area (Å²) in [6.45, 7) is 6.29. The molecule has 0 radical (unpaired) electrons. The fourth-order valence-electron chi connectivity index (χ4n) is 1.55. The lowest BCUT2D eigenvalue weighted by Gasteiger charge is -2.04. The van der Waals surface area contributed by atoms with Crippen LogP contribution in [0.4, 0.5) is 0 Å². The lowest BCUT2D eigenvalue weighted by molar-refractivity contribution is 0.631. The van der Waals surface area contributed by atoms with E-state index in [2.05, 4.69) is 29.0 Å². The summed E-state index contributed by atoms with van der Waals surface area (Å²) in [5.74, 6) is 2.21. The highest BCUT2D eigenvalue weighted by atomic mass is 32.2. The summed E-state index contributed by atoms with van der Waals surface area (Å²) in [5.41, 5.74) is 0.724. The molecule has 0 unspecified atom stereocenters. The molecule has 0 aromatic carbocycles. The summed E-state index contributed by atoms with van der Waals surface area (Å²) < 4.78 is 1.88. The first-order valence-corrected chi connectivity index (χ1v) is 6.64. The molecule has 2 heterocycles. The van der Waals surface area contributed by atoms with Gasteiger partial charge in [-0.25, -0.2) is 0 Å². The van der Waals surface area contributed by atoms with E-state index >= 15 is 0 Å². The monoisotopic (exact) mass is 252 g/mol. The Balaban J connectivity index is 2.27. The van der Waals surface area contributed by atoms with Crippen LogP contribution in [0.25, 0.3) is 5.78 Å². The van der Waals surface area contributed by atoms with Gasteiger partial charge in [0, 0.05) is 17.5 Å². The SMILES string of the molecule is Cc1cc(=O)[nH]c2nnc(SCCC(C)C)n12. The molecule has 0 spiro atoms. The average molecular weight is 252 g/mol. The first-order valence-electron chi connectivity index (χ1n) is 5.66. The van der Waals surface area contributed by atoms with E-state index in [9.17, 15) is 4.79 Å². The van der Waals surface area contributed by atoms with Crippen molar-refractivity contribution in [1.29, 1.82) is 0 Å². The van der Waals surface area contributed by atoms with Crippen LogP contribution in [-0.2, 0) is 0 Å². The van der Waals surface area contributed by atoms with E-state index in [1.807, 2.05) is 11.3 Å². The summed E-state index contributed by atoms with van der Waals surface area (Å²) in [7, 11) is 0. The molecule has 1 N–H and O–H groups in total. The number of hydrogen-bond acceptors (Lipinski definition) is 4. The highest BCUT2D eigenvalue weighted by molar-refractivity contribution is 7.99. The standard InChI is InChI=1S/C11H16N4OS/c1-7(2)4-5-17-11-14-13-10-12-9(16)6-8(3)15(10)11/h6-7H,4-5H2,1-3H3,(H,12,13,16). The minimum atomic E-state index is -0.138. The minimum absolute atomic E-state index is 0.138. The second-order valence-electron chi connectivity index (χ2n) is 4.45. The molecule has 0 amide bonds. The number of aromatic amines is 1. The van der Waals surface area contributed by atoms with E-state index in [1.165, 1.54) is 0 Å². The van der Waals surface area contributed by atoms with Gasteiger partial charge in [0.2, 0.25) is 5.78 Å². The van der Waals surface area contributed by atoms with Gasteiger partial charge in [-0.1, -0.05) is 25.6 Å². The third kappa shape index (κ3) is 2.69. The zero-order valence-electron chi connectivity index (χ0n) is 10.2. The summed E-state index contributed by atoms with van der Waals surface area (Å²) in [5, 5.41) is 8.92. The van der Waals surface area contributed by atoms with E-state index in [0.717, 1.165) is 23.0 Å². The van der Waals surface area contributed by atoms with E-state index in [4.69, 9.17) is 0 Å². The van der Waals surface area contributed by atoms with Crippen LogP contribution in [-0.4, -0.2) is 25.3 Å². The average Bonchev–Trinajstić information content (AvgIpc) is 2.60. The predicted octanol–water partition coefficient (Wildman–Crippen LogP) is 1.86. The van der Waals surface area contributed by atoms with Gasteiger partial charge in [-0.3, -0.25) is 14.2 Å². The van der Waals surface area contributed by atoms with Gasteiger partial charge >= 0.3 is 0 Å². The van der Waals surface area contributed by atoms with Crippen LogP contribution in [0.1, 0.15) is 26.0 Å². The number of aryl methyl sites for hydroxylation is 1. The molecule has 0 saturated carbocycles. The Morgan fingerprint density at radius 2 is 2.24 bits per heavy atom. The van der Waals surface area contributed by atoms with Gasteiger partial charge in [0.1, 0.15) is 0 Å². The Morgan fingerprint density at radius 3 is 2.94 bits per heavy atom. The van der Waals surface area contributed by atoms with E-state index < -0.39 is 0 Å². The Bertz CT molecular complexity index is 572. The van der Waals surface area contributed by atoms with Crippen molar-refractivity contribution in [1.82, 2.24) is 19.6 Å². The van der Waals surface area contributed by atoms with Crippen molar-refractivity contribution in [2.45, 2.75) is 32.3 Å². The molecule has 2 rings (SSSR count). The Labute approximate surface area is 104 Å². The van der Waals surface area contributed by atoms with Gasteiger partial charge in [0.15, 0.2) is 5.16 Å². The summed E-state index contributed by atoms with van der Waals surface area (Å²) >= 11 is 1.67. The molecule has 0 aliphatic heterocycles. The van der Waals surface area contributed by atoms with Crippen LogP contribution in [0.3, 0.4) is 0 Å². The van der Waals surface area contributed by atoms with E-state index in [0.29, 0.717) is 11.7 Å². The molecule has 0 saturated heterocycles. The van der Waals surface area contributed by atoms with Crippen molar-refractivity contribution in [3.05, 3.63) is 22.1 Å². The lowest BCUT2D eigenvalue weighted by atomic mass is 10.2. The van der Waals surface area contributed by atoms with Crippen molar-refractivity contribution in [2.75, 3.05) is 5.75 Å². The Hall–Kier alpha value is -1.30. The number of fused-ring (bicyclic) bond motifs is 1. The normalized spacial score (nSPS) is 11.5. The van der Waals surface area contributed by atoms with Crippen LogP contribution in [0.5, 0.6) is 0 Å². The van der Waals surface area contributed by atoms with Crippen LogP contribution < -0.4 is 5.56 Å². The molecule has 92 valence electrons. The molecule has 0 atom stereocenters. The highest BCUT2D eigenvalue weighted by Crippen LogP contribution is 2.19. The smallest absolute Gasteiger partial charge is 0.252 e. The Kier molecular flexibility index (Phi) is 3.51. The van der Waals surface area contributed by atoms with Crippen molar-refractivity contribution < 1.29 is 0 Å². The van der Waals surface area contributed by atoms with Crippen LogP contribution in [0.15, 0.2) is 16.0 Å². The number of nitrogens with one attached hydrogen (secondary N) is 1. The number of thioether (sulfide) groups is 1. The Morgan fingerprint density at radius 1 is 1.47 bits per heavy atom. The second-order valence-corrected chi connectivity index (χ2v) is 5.51. The molecule has 0 fully saturated rings. The number of hydrogen-bond donors (Lipinski definition) is 1. The molecule has 2 aromatic heterocycles.